The number of amides is 3. The van der Waals surface area contributed by atoms with Crippen molar-refractivity contribution >= 4 is 17.7 Å². The molecule has 0 aliphatic carbocycles. The predicted octanol–water partition coefficient (Wildman–Crippen LogP) is -0.717. The molecule has 0 radical (unpaired) electrons. The van der Waals surface area contributed by atoms with Crippen LogP contribution < -0.4 is 11.1 Å². The van der Waals surface area contributed by atoms with E-state index >= 15 is 0 Å². The third-order valence-electron chi connectivity index (χ3n) is 4.08. The van der Waals surface area contributed by atoms with Crippen molar-refractivity contribution in [3.05, 3.63) is 35.4 Å². The molecular formula is C17H24N4O3. The normalized spacial score (nSPS) is 14.4. The van der Waals surface area contributed by atoms with E-state index in [0.717, 1.165) is 5.56 Å². The molecule has 3 N–H and O–H groups in total. The Labute approximate surface area is 141 Å². The van der Waals surface area contributed by atoms with E-state index in [2.05, 4.69) is 5.32 Å². The van der Waals surface area contributed by atoms with Crippen molar-refractivity contribution < 1.29 is 14.4 Å². The van der Waals surface area contributed by atoms with E-state index < -0.39 is 0 Å². The maximum atomic E-state index is 12.3. The molecule has 0 bridgehead atoms. The molecule has 0 unspecified atom stereocenters. The van der Waals surface area contributed by atoms with Gasteiger partial charge in [0.2, 0.25) is 17.7 Å². The molecule has 7 heteroatoms. The van der Waals surface area contributed by atoms with Gasteiger partial charge in [0, 0.05) is 26.2 Å². The van der Waals surface area contributed by atoms with Gasteiger partial charge in [0.1, 0.15) is 0 Å². The molecule has 0 aromatic heterocycles. The van der Waals surface area contributed by atoms with Crippen molar-refractivity contribution in [3.63, 3.8) is 0 Å². The molecule has 1 aliphatic rings. The molecule has 1 aliphatic heterocycles. The largest absolute Gasteiger partial charge is 0.346 e. The maximum Gasteiger partial charge on any atom is 0.242 e. The highest BCUT2D eigenvalue weighted by atomic mass is 16.2. The molecule has 130 valence electrons. The van der Waals surface area contributed by atoms with Crippen LogP contribution in [0.25, 0.3) is 0 Å². The lowest BCUT2D eigenvalue weighted by atomic mass is 10.1. The molecule has 1 heterocycles. The van der Waals surface area contributed by atoms with Crippen molar-refractivity contribution in [2.75, 3.05) is 39.3 Å². The quantitative estimate of drug-likeness (QED) is 0.744. The number of nitrogens with one attached hydrogen (secondary N) is 1. The number of carbonyl (C=O) groups is 3. The van der Waals surface area contributed by atoms with E-state index in [9.17, 15) is 14.4 Å². The highest BCUT2D eigenvalue weighted by Gasteiger charge is 2.24. The van der Waals surface area contributed by atoms with Crippen LogP contribution in [0.3, 0.4) is 0 Å². The molecule has 1 fully saturated rings. The Kier molecular flexibility index (Phi) is 6.31. The minimum atomic E-state index is -0.352. The van der Waals surface area contributed by atoms with Crippen LogP contribution in [0.1, 0.15) is 11.1 Å². The van der Waals surface area contributed by atoms with Gasteiger partial charge < -0.3 is 20.9 Å². The minimum absolute atomic E-state index is 0.0483. The SMILES string of the molecule is Cc1ccc(CC(=O)N2CCN(C(=O)CNC(=O)CN)CC2)cc1. The summed E-state index contributed by atoms with van der Waals surface area (Å²) in [5, 5.41) is 2.46. The standard InChI is InChI=1S/C17H24N4O3/c1-13-2-4-14(5-3-13)10-16(23)20-6-8-21(9-7-20)17(24)12-19-15(22)11-18/h2-5H,6-12,18H2,1H3,(H,19,22). The van der Waals surface area contributed by atoms with Crippen LogP contribution in [0.15, 0.2) is 24.3 Å². The summed E-state index contributed by atoms with van der Waals surface area (Å²) in [4.78, 5) is 38.8. The van der Waals surface area contributed by atoms with E-state index in [1.165, 1.54) is 5.56 Å². The summed E-state index contributed by atoms with van der Waals surface area (Å²) in [7, 11) is 0. The van der Waals surface area contributed by atoms with Crippen LogP contribution in [0.4, 0.5) is 0 Å². The summed E-state index contributed by atoms with van der Waals surface area (Å²) in [5.41, 5.74) is 7.34. The monoisotopic (exact) mass is 332 g/mol. The number of nitrogens with two attached hydrogens (primary N) is 1. The van der Waals surface area contributed by atoms with Crippen LogP contribution in [0.2, 0.25) is 0 Å². The van der Waals surface area contributed by atoms with Crippen molar-refractivity contribution in [2.45, 2.75) is 13.3 Å². The van der Waals surface area contributed by atoms with Gasteiger partial charge in [-0.3, -0.25) is 14.4 Å². The zero-order valence-electron chi connectivity index (χ0n) is 14.0. The Balaban J connectivity index is 1.77. The summed E-state index contributed by atoms with van der Waals surface area (Å²) >= 11 is 0. The highest BCUT2D eigenvalue weighted by Crippen LogP contribution is 2.08. The zero-order chi connectivity index (χ0) is 17.5. The first-order valence-corrected chi connectivity index (χ1v) is 8.07. The molecule has 3 amide bonds. The molecule has 24 heavy (non-hydrogen) atoms. The molecule has 0 saturated carbocycles. The second kappa shape index (κ2) is 8.44. The summed E-state index contributed by atoms with van der Waals surface area (Å²) in [6.07, 6.45) is 0.376. The summed E-state index contributed by atoms with van der Waals surface area (Å²) < 4.78 is 0. The van der Waals surface area contributed by atoms with Gasteiger partial charge >= 0.3 is 0 Å². The fourth-order valence-corrected chi connectivity index (χ4v) is 2.56. The van der Waals surface area contributed by atoms with Gasteiger partial charge in [0.05, 0.1) is 19.5 Å². The second-order valence-electron chi connectivity index (χ2n) is 5.90. The summed E-state index contributed by atoms with van der Waals surface area (Å²) in [6, 6.07) is 7.92. The van der Waals surface area contributed by atoms with Crippen LogP contribution in [0, 0.1) is 6.92 Å². The topological polar surface area (TPSA) is 95.7 Å². The van der Waals surface area contributed by atoms with Gasteiger partial charge in [-0.1, -0.05) is 29.8 Å². The fraction of sp³-hybridized carbons (Fsp3) is 0.471. The summed E-state index contributed by atoms with van der Waals surface area (Å²) in [5.74, 6) is -0.430. The van der Waals surface area contributed by atoms with Gasteiger partial charge in [-0.15, -0.1) is 0 Å². The molecule has 2 rings (SSSR count). The molecule has 1 aromatic rings. The molecule has 0 atom stereocenters. The zero-order valence-corrected chi connectivity index (χ0v) is 14.0. The van der Waals surface area contributed by atoms with Crippen LogP contribution in [0.5, 0.6) is 0 Å². The van der Waals surface area contributed by atoms with Crippen LogP contribution >= 0.6 is 0 Å². The lowest BCUT2D eigenvalue weighted by Crippen LogP contribution is -2.53. The van der Waals surface area contributed by atoms with E-state index in [-0.39, 0.29) is 30.8 Å². The first-order valence-electron chi connectivity index (χ1n) is 8.07. The van der Waals surface area contributed by atoms with E-state index in [1.807, 2.05) is 31.2 Å². The number of piperazine rings is 1. The van der Waals surface area contributed by atoms with Crippen LogP contribution in [-0.2, 0) is 20.8 Å². The number of benzene rings is 1. The van der Waals surface area contributed by atoms with Crippen molar-refractivity contribution in [2.24, 2.45) is 5.73 Å². The number of hydrogen-bond acceptors (Lipinski definition) is 4. The maximum absolute atomic E-state index is 12.3. The van der Waals surface area contributed by atoms with Crippen molar-refractivity contribution in [1.82, 2.24) is 15.1 Å². The van der Waals surface area contributed by atoms with Crippen molar-refractivity contribution in [1.29, 1.82) is 0 Å². The first kappa shape index (κ1) is 17.9. The van der Waals surface area contributed by atoms with Gasteiger partial charge in [0.25, 0.3) is 0 Å². The second-order valence-corrected chi connectivity index (χ2v) is 5.90. The summed E-state index contributed by atoms with van der Waals surface area (Å²) in [6.45, 7) is 3.83. The Hall–Kier alpha value is -2.41. The Morgan fingerprint density at radius 3 is 2.08 bits per heavy atom. The molecule has 1 saturated heterocycles. The lowest BCUT2D eigenvalue weighted by Gasteiger charge is -2.35. The van der Waals surface area contributed by atoms with Crippen LogP contribution in [-0.4, -0.2) is 66.8 Å². The Bertz CT molecular complexity index is 592. The predicted molar refractivity (Wildman–Crippen MR) is 90.1 cm³/mol. The average Bonchev–Trinajstić information content (AvgIpc) is 2.61. The fourth-order valence-electron chi connectivity index (χ4n) is 2.56. The third kappa shape index (κ3) is 5.06. The number of carbonyl (C=O) groups excluding carboxylic acids is 3. The molecular weight excluding hydrogens is 308 g/mol. The molecule has 1 aromatic carbocycles. The average molecular weight is 332 g/mol. The van der Waals surface area contributed by atoms with Gasteiger partial charge in [-0.05, 0) is 12.5 Å². The molecule has 7 nitrogen and oxygen atoms in total. The minimum Gasteiger partial charge on any atom is -0.346 e. The number of aryl methyl sites for hydroxylation is 1. The Morgan fingerprint density at radius 1 is 1.00 bits per heavy atom. The smallest absolute Gasteiger partial charge is 0.242 e. The van der Waals surface area contributed by atoms with Gasteiger partial charge in [-0.2, -0.15) is 0 Å². The number of hydrogen-bond donors (Lipinski definition) is 2. The van der Waals surface area contributed by atoms with E-state index in [4.69, 9.17) is 5.73 Å². The van der Waals surface area contributed by atoms with Gasteiger partial charge in [0.15, 0.2) is 0 Å². The number of nitrogens with zero attached hydrogens (tertiary/aromatic N) is 2. The first-order chi connectivity index (χ1) is 11.5. The van der Waals surface area contributed by atoms with Crippen molar-refractivity contribution in [3.8, 4) is 0 Å². The highest BCUT2D eigenvalue weighted by molar-refractivity contribution is 5.85. The van der Waals surface area contributed by atoms with Gasteiger partial charge in [-0.25, -0.2) is 0 Å². The van der Waals surface area contributed by atoms with E-state index in [0.29, 0.717) is 32.6 Å². The Morgan fingerprint density at radius 2 is 1.54 bits per heavy atom. The van der Waals surface area contributed by atoms with E-state index in [1.54, 1.807) is 9.80 Å². The third-order valence-corrected chi connectivity index (χ3v) is 4.08. The molecule has 0 spiro atoms. The lowest BCUT2D eigenvalue weighted by molar-refractivity contribution is -0.139. The number of rotatable bonds is 5.